The highest BCUT2D eigenvalue weighted by atomic mass is 32.2. The molecule has 1 aromatic heterocycles. The average Bonchev–Trinajstić information content (AvgIpc) is 2.99. The number of amides is 2. The summed E-state index contributed by atoms with van der Waals surface area (Å²) >= 11 is 0. The van der Waals surface area contributed by atoms with Crippen molar-refractivity contribution >= 4 is 27.5 Å². The zero-order chi connectivity index (χ0) is 18.7. The number of hydrogen-bond acceptors (Lipinski definition) is 6. The van der Waals surface area contributed by atoms with E-state index in [0.717, 1.165) is 5.82 Å². The van der Waals surface area contributed by atoms with Crippen LogP contribution in [0.3, 0.4) is 0 Å². The van der Waals surface area contributed by atoms with E-state index in [1.54, 1.807) is 11.1 Å². The molecule has 0 aromatic carbocycles. The Labute approximate surface area is 153 Å². The fraction of sp³-hybridized carbons (Fsp3) is 0.588. The third kappa shape index (κ3) is 4.32. The van der Waals surface area contributed by atoms with Crippen molar-refractivity contribution < 1.29 is 18.0 Å². The maximum absolute atomic E-state index is 12.6. The Bertz CT molecular complexity index is 760. The molecule has 1 aromatic rings. The zero-order valence-corrected chi connectivity index (χ0v) is 15.7. The highest BCUT2D eigenvalue weighted by Crippen LogP contribution is 2.19. The predicted octanol–water partition coefficient (Wildman–Crippen LogP) is -0.234. The fourth-order valence-electron chi connectivity index (χ4n) is 3.49. The van der Waals surface area contributed by atoms with Crippen LogP contribution in [0, 0.1) is 0 Å². The van der Waals surface area contributed by atoms with Crippen LogP contribution in [0.25, 0.3) is 0 Å². The van der Waals surface area contributed by atoms with Crippen molar-refractivity contribution in [3.63, 3.8) is 0 Å². The first kappa shape index (κ1) is 18.6. The third-order valence-electron chi connectivity index (χ3n) is 4.96. The van der Waals surface area contributed by atoms with E-state index in [2.05, 4.69) is 9.88 Å². The maximum atomic E-state index is 12.6. The SMILES string of the molecule is CC(=O)N(CC(=O)N1CCN(c2ccccn2)CC1)C1CCS(=O)(=O)C1. The van der Waals surface area contributed by atoms with Gasteiger partial charge in [-0.25, -0.2) is 13.4 Å². The Balaban J connectivity index is 1.57. The summed E-state index contributed by atoms with van der Waals surface area (Å²) in [6.07, 6.45) is 2.15. The van der Waals surface area contributed by atoms with Crippen molar-refractivity contribution in [1.82, 2.24) is 14.8 Å². The molecule has 2 amide bonds. The van der Waals surface area contributed by atoms with Gasteiger partial charge in [0, 0.05) is 45.3 Å². The lowest BCUT2D eigenvalue weighted by Crippen LogP contribution is -2.53. The van der Waals surface area contributed by atoms with Crippen molar-refractivity contribution in [3.8, 4) is 0 Å². The average molecular weight is 380 g/mol. The van der Waals surface area contributed by atoms with E-state index in [1.165, 1.54) is 11.8 Å². The van der Waals surface area contributed by atoms with Gasteiger partial charge in [-0.1, -0.05) is 6.07 Å². The number of nitrogens with zero attached hydrogens (tertiary/aromatic N) is 4. The van der Waals surface area contributed by atoms with Crippen LogP contribution in [0.15, 0.2) is 24.4 Å². The smallest absolute Gasteiger partial charge is 0.242 e. The Morgan fingerprint density at radius 3 is 2.50 bits per heavy atom. The predicted molar refractivity (Wildman–Crippen MR) is 97.5 cm³/mol. The summed E-state index contributed by atoms with van der Waals surface area (Å²) in [7, 11) is -3.10. The third-order valence-corrected chi connectivity index (χ3v) is 6.72. The largest absolute Gasteiger partial charge is 0.353 e. The summed E-state index contributed by atoms with van der Waals surface area (Å²) < 4.78 is 23.4. The normalized spacial score (nSPS) is 22.3. The number of piperazine rings is 1. The number of sulfone groups is 1. The van der Waals surface area contributed by atoms with Gasteiger partial charge in [0.1, 0.15) is 12.4 Å². The van der Waals surface area contributed by atoms with Gasteiger partial charge in [-0.05, 0) is 18.6 Å². The molecule has 0 radical (unpaired) electrons. The molecule has 2 aliphatic rings. The molecule has 8 nitrogen and oxygen atoms in total. The summed E-state index contributed by atoms with van der Waals surface area (Å²) in [4.78, 5) is 34.2. The Kier molecular flexibility index (Phi) is 5.45. The molecule has 2 fully saturated rings. The van der Waals surface area contributed by atoms with Gasteiger partial charge in [-0.2, -0.15) is 0 Å². The first-order valence-corrected chi connectivity index (χ1v) is 10.6. The van der Waals surface area contributed by atoms with Gasteiger partial charge in [0.15, 0.2) is 9.84 Å². The molecule has 3 rings (SSSR count). The minimum Gasteiger partial charge on any atom is -0.353 e. The summed E-state index contributed by atoms with van der Waals surface area (Å²) in [6.45, 7) is 3.81. The summed E-state index contributed by atoms with van der Waals surface area (Å²) in [5.41, 5.74) is 0. The molecule has 9 heteroatoms. The first-order valence-electron chi connectivity index (χ1n) is 8.77. The number of aromatic nitrogens is 1. The number of pyridine rings is 1. The maximum Gasteiger partial charge on any atom is 0.242 e. The lowest BCUT2D eigenvalue weighted by molar-refractivity contribution is -0.141. The monoisotopic (exact) mass is 380 g/mol. The minimum absolute atomic E-state index is 0.0483. The van der Waals surface area contributed by atoms with Crippen LogP contribution in [-0.4, -0.2) is 85.3 Å². The molecule has 0 aliphatic carbocycles. The van der Waals surface area contributed by atoms with E-state index in [-0.39, 0.29) is 29.9 Å². The molecular weight excluding hydrogens is 356 g/mol. The topological polar surface area (TPSA) is 90.9 Å². The molecule has 3 heterocycles. The van der Waals surface area contributed by atoms with Gasteiger partial charge in [0.05, 0.1) is 11.5 Å². The van der Waals surface area contributed by atoms with E-state index in [0.29, 0.717) is 32.6 Å². The van der Waals surface area contributed by atoms with Crippen LogP contribution in [0.5, 0.6) is 0 Å². The summed E-state index contributed by atoms with van der Waals surface area (Å²) in [6, 6.07) is 5.34. The van der Waals surface area contributed by atoms with E-state index in [9.17, 15) is 18.0 Å². The second-order valence-corrected chi connectivity index (χ2v) is 8.99. The van der Waals surface area contributed by atoms with E-state index >= 15 is 0 Å². The highest BCUT2D eigenvalue weighted by Gasteiger charge is 2.35. The number of carbonyl (C=O) groups is 2. The van der Waals surface area contributed by atoms with Crippen LogP contribution < -0.4 is 4.90 Å². The van der Waals surface area contributed by atoms with E-state index < -0.39 is 15.9 Å². The second-order valence-electron chi connectivity index (χ2n) is 6.76. The molecule has 1 unspecified atom stereocenters. The van der Waals surface area contributed by atoms with Crippen LogP contribution in [0.2, 0.25) is 0 Å². The van der Waals surface area contributed by atoms with Gasteiger partial charge >= 0.3 is 0 Å². The summed E-state index contributed by atoms with van der Waals surface area (Å²) in [5, 5.41) is 0. The first-order chi connectivity index (χ1) is 12.4. The molecule has 0 spiro atoms. The van der Waals surface area contributed by atoms with Gasteiger partial charge in [-0.3, -0.25) is 9.59 Å². The van der Waals surface area contributed by atoms with Crippen molar-refractivity contribution in [2.75, 3.05) is 49.1 Å². The van der Waals surface area contributed by atoms with Crippen molar-refractivity contribution in [3.05, 3.63) is 24.4 Å². The molecule has 0 N–H and O–H groups in total. The van der Waals surface area contributed by atoms with E-state index in [1.807, 2.05) is 18.2 Å². The van der Waals surface area contributed by atoms with Gasteiger partial charge in [0.25, 0.3) is 0 Å². The lowest BCUT2D eigenvalue weighted by Gasteiger charge is -2.37. The Morgan fingerprint density at radius 2 is 1.96 bits per heavy atom. The van der Waals surface area contributed by atoms with Crippen LogP contribution in [-0.2, 0) is 19.4 Å². The quantitative estimate of drug-likeness (QED) is 0.716. The molecule has 2 aliphatic heterocycles. The molecule has 1 atom stereocenters. The summed E-state index contributed by atoms with van der Waals surface area (Å²) in [5.74, 6) is 0.532. The molecule has 2 saturated heterocycles. The highest BCUT2D eigenvalue weighted by molar-refractivity contribution is 7.91. The minimum atomic E-state index is -3.10. The molecule has 142 valence electrons. The van der Waals surface area contributed by atoms with Crippen LogP contribution in [0.1, 0.15) is 13.3 Å². The van der Waals surface area contributed by atoms with E-state index in [4.69, 9.17) is 0 Å². The standard InChI is InChI=1S/C17H24N4O4S/c1-14(22)21(15-5-11-26(24,25)13-15)12-17(23)20-9-7-19(8-10-20)16-4-2-3-6-18-16/h2-4,6,15H,5,7-13H2,1H3. The zero-order valence-electron chi connectivity index (χ0n) is 14.9. The van der Waals surface area contributed by atoms with Crippen molar-refractivity contribution in [1.29, 1.82) is 0 Å². The second kappa shape index (κ2) is 7.61. The number of hydrogen-bond donors (Lipinski definition) is 0. The molecule has 0 saturated carbocycles. The van der Waals surface area contributed by atoms with Crippen molar-refractivity contribution in [2.24, 2.45) is 0 Å². The van der Waals surface area contributed by atoms with Gasteiger partial charge < -0.3 is 14.7 Å². The number of rotatable bonds is 4. The van der Waals surface area contributed by atoms with Crippen LogP contribution in [0.4, 0.5) is 5.82 Å². The van der Waals surface area contributed by atoms with Crippen LogP contribution >= 0.6 is 0 Å². The number of anilines is 1. The van der Waals surface area contributed by atoms with Gasteiger partial charge in [-0.15, -0.1) is 0 Å². The number of carbonyl (C=O) groups excluding carboxylic acids is 2. The molecule has 0 bridgehead atoms. The Morgan fingerprint density at radius 1 is 1.23 bits per heavy atom. The lowest BCUT2D eigenvalue weighted by atomic mass is 10.2. The Hall–Kier alpha value is -2.16. The molecule has 26 heavy (non-hydrogen) atoms. The van der Waals surface area contributed by atoms with Gasteiger partial charge in [0.2, 0.25) is 11.8 Å². The fourth-order valence-corrected chi connectivity index (χ4v) is 5.22. The van der Waals surface area contributed by atoms with Crippen molar-refractivity contribution in [2.45, 2.75) is 19.4 Å². The molecular formula is C17H24N4O4S.